The molecular formula is C23H24Cl2N8O3. The van der Waals surface area contributed by atoms with E-state index in [1.54, 1.807) is 35.4 Å². The van der Waals surface area contributed by atoms with Gasteiger partial charge in [-0.3, -0.25) is 19.8 Å². The molecule has 0 bridgehead atoms. The van der Waals surface area contributed by atoms with Gasteiger partial charge in [0.05, 0.1) is 28.4 Å². The first kappa shape index (κ1) is 25.5. The summed E-state index contributed by atoms with van der Waals surface area (Å²) < 4.78 is 0. The van der Waals surface area contributed by atoms with Crippen LogP contribution in [0.4, 0.5) is 23.1 Å². The molecule has 13 heteroatoms. The Hall–Kier alpha value is -3.54. The monoisotopic (exact) mass is 530 g/mol. The second-order valence-electron chi connectivity index (χ2n) is 8.33. The maximum atomic E-state index is 12.7. The van der Waals surface area contributed by atoms with Crippen molar-refractivity contribution in [3.8, 4) is 11.3 Å². The molecule has 1 aliphatic rings. The van der Waals surface area contributed by atoms with E-state index >= 15 is 0 Å². The summed E-state index contributed by atoms with van der Waals surface area (Å²) >= 11 is 12.6. The second kappa shape index (κ2) is 11.0. The van der Waals surface area contributed by atoms with Gasteiger partial charge in [-0.25, -0.2) is 15.0 Å². The molecule has 0 atom stereocenters. The first-order valence-electron chi connectivity index (χ1n) is 11.2. The number of rotatable bonds is 8. The van der Waals surface area contributed by atoms with Crippen LogP contribution in [0.5, 0.6) is 0 Å². The molecule has 4 rings (SSSR count). The normalized spacial score (nSPS) is 14.2. The van der Waals surface area contributed by atoms with Crippen molar-refractivity contribution in [1.29, 1.82) is 0 Å². The molecule has 0 spiro atoms. The Balaban J connectivity index is 1.51. The van der Waals surface area contributed by atoms with E-state index in [-0.39, 0.29) is 17.4 Å². The first-order valence-corrected chi connectivity index (χ1v) is 11.9. The fraction of sp³-hybridized carbons (Fsp3) is 0.304. The van der Waals surface area contributed by atoms with Crippen molar-refractivity contribution in [2.75, 3.05) is 49.2 Å². The Morgan fingerprint density at radius 1 is 1.19 bits per heavy atom. The SMILES string of the molecule is CN1CCN(c2cnc(NCCCc3ccc([N+](=O)[O-])c(N)n3)nc2-c2ccc(Cl)cc2Cl)C(=O)C1. The molecule has 11 nitrogen and oxygen atoms in total. The van der Waals surface area contributed by atoms with Crippen molar-refractivity contribution in [2.45, 2.75) is 12.8 Å². The Morgan fingerprint density at radius 2 is 2.00 bits per heavy atom. The van der Waals surface area contributed by atoms with Gasteiger partial charge in [0, 0.05) is 42.0 Å². The predicted molar refractivity (Wildman–Crippen MR) is 139 cm³/mol. The number of nitrogens with zero attached hydrogens (tertiary/aromatic N) is 6. The molecule has 0 unspecified atom stereocenters. The summed E-state index contributed by atoms with van der Waals surface area (Å²) in [5.74, 6) is 0.221. The highest BCUT2D eigenvalue weighted by Crippen LogP contribution is 2.36. The molecule has 2 aromatic heterocycles. The van der Waals surface area contributed by atoms with Crippen LogP contribution in [0.2, 0.25) is 10.0 Å². The number of piperazine rings is 1. The largest absolute Gasteiger partial charge is 0.378 e. The average Bonchev–Trinajstić information content (AvgIpc) is 2.82. The zero-order chi connectivity index (χ0) is 25.8. The summed E-state index contributed by atoms with van der Waals surface area (Å²) in [4.78, 5) is 39.9. The number of amides is 1. The van der Waals surface area contributed by atoms with Crippen LogP contribution in [0.1, 0.15) is 12.1 Å². The van der Waals surface area contributed by atoms with Gasteiger partial charge in [-0.15, -0.1) is 0 Å². The number of aryl methyl sites for hydroxylation is 1. The number of carbonyl (C=O) groups excluding carboxylic acids is 1. The number of pyridine rings is 1. The van der Waals surface area contributed by atoms with Crippen LogP contribution >= 0.6 is 23.2 Å². The van der Waals surface area contributed by atoms with Gasteiger partial charge in [-0.1, -0.05) is 23.2 Å². The number of likely N-dealkylation sites (N-methyl/N-ethyl adjacent to an activating group) is 1. The summed E-state index contributed by atoms with van der Waals surface area (Å²) in [6.45, 7) is 2.05. The summed E-state index contributed by atoms with van der Waals surface area (Å²) in [7, 11) is 1.90. The first-order chi connectivity index (χ1) is 17.2. The van der Waals surface area contributed by atoms with Crippen LogP contribution in [-0.4, -0.2) is 63.9 Å². The van der Waals surface area contributed by atoms with E-state index < -0.39 is 4.92 Å². The molecule has 1 aliphatic heterocycles. The Kier molecular flexibility index (Phi) is 7.82. The lowest BCUT2D eigenvalue weighted by atomic mass is 10.1. The molecule has 3 aromatic rings. The molecule has 0 aliphatic carbocycles. The van der Waals surface area contributed by atoms with Gasteiger partial charge >= 0.3 is 5.69 Å². The Labute approximate surface area is 217 Å². The van der Waals surface area contributed by atoms with E-state index in [1.807, 2.05) is 11.9 Å². The second-order valence-corrected chi connectivity index (χ2v) is 9.17. The Morgan fingerprint density at radius 3 is 2.69 bits per heavy atom. The molecule has 3 heterocycles. The lowest BCUT2D eigenvalue weighted by Gasteiger charge is -2.32. The fourth-order valence-electron chi connectivity index (χ4n) is 3.86. The maximum Gasteiger partial charge on any atom is 0.311 e. The number of nitrogens with two attached hydrogens (primary N) is 1. The molecular weight excluding hydrogens is 507 g/mol. The summed E-state index contributed by atoms with van der Waals surface area (Å²) in [6, 6.07) is 8.07. The number of nitro groups is 1. The molecule has 188 valence electrons. The van der Waals surface area contributed by atoms with Crippen molar-refractivity contribution < 1.29 is 9.72 Å². The maximum absolute atomic E-state index is 12.7. The van der Waals surface area contributed by atoms with Crippen molar-refractivity contribution in [3.63, 3.8) is 0 Å². The van der Waals surface area contributed by atoms with E-state index in [0.29, 0.717) is 71.1 Å². The van der Waals surface area contributed by atoms with Gasteiger partial charge in [-0.05, 0) is 44.2 Å². The predicted octanol–water partition coefficient (Wildman–Crippen LogP) is 3.66. The van der Waals surface area contributed by atoms with Gasteiger partial charge in [0.25, 0.3) is 0 Å². The van der Waals surface area contributed by atoms with Crippen molar-refractivity contribution in [2.24, 2.45) is 0 Å². The quantitative estimate of drug-likeness (QED) is 0.253. The van der Waals surface area contributed by atoms with Crippen LogP contribution in [0.3, 0.4) is 0 Å². The van der Waals surface area contributed by atoms with Gasteiger partial charge in [0.15, 0.2) is 0 Å². The average molecular weight is 531 g/mol. The third-order valence-electron chi connectivity index (χ3n) is 5.71. The van der Waals surface area contributed by atoms with Crippen molar-refractivity contribution in [1.82, 2.24) is 19.9 Å². The zero-order valence-electron chi connectivity index (χ0n) is 19.4. The molecule has 0 saturated carbocycles. The van der Waals surface area contributed by atoms with Gasteiger partial charge in [0.2, 0.25) is 17.7 Å². The Bertz CT molecular complexity index is 1310. The third-order valence-corrected chi connectivity index (χ3v) is 6.26. The van der Waals surface area contributed by atoms with Crippen LogP contribution in [0, 0.1) is 10.1 Å². The fourth-order valence-corrected chi connectivity index (χ4v) is 4.35. The number of halogens is 2. The summed E-state index contributed by atoms with van der Waals surface area (Å²) in [5, 5.41) is 15.0. The van der Waals surface area contributed by atoms with Gasteiger partial charge in [-0.2, -0.15) is 0 Å². The van der Waals surface area contributed by atoms with Gasteiger partial charge in [0.1, 0.15) is 5.69 Å². The molecule has 36 heavy (non-hydrogen) atoms. The molecule has 1 saturated heterocycles. The number of nitrogens with one attached hydrogen (secondary N) is 1. The minimum atomic E-state index is -0.561. The highest BCUT2D eigenvalue weighted by molar-refractivity contribution is 6.36. The highest BCUT2D eigenvalue weighted by atomic mass is 35.5. The lowest BCUT2D eigenvalue weighted by molar-refractivity contribution is -0.384. The van der Waals surface area contributed by atoms with Gasteiger partial charge < -0.3 is 16.0 Å². The van der Waals surface area contributed by atoms with E-state index in [9.17, 15) is 14.9 Å². The minimum Gasteiger partial charge on any atom is -0.378 e. The number of hydrogen-bond donors (Lipinski definition) is 2. The molecule has 1 aromatic carbocycles. The summed E-state index contributed by atoms with van der Waals surface area (Å²) in [5.41, 5.74) is 7.85. The third kappa shape index (κ3) is 5.81. The zero-order valence-corrected chi connectivity index (χ0v) is 21.0. The van der Waals surface area contributed by atoms with Crippen LogP contribution in [0.25, 0.3) is 11.3 Å². The van der Waals surface area contributed by atoms with E-state index in [2.05, 4.69) is 20.3 Å². The summed E-state index contributed by atoms with van der Waals surface area (Å²) in [6.07, 6.45) is 2.83. The lowest BCUT2D eigenvalue weighted by Crippen LogP contribution is -2.49. The van der Waals surface area contributed by atoms with Crippen LogP contribution in [0.15, 0.2) is 36.5 Å². The van der Waals surface area contributed by atoms with Crippen LogP contribution in [-0.2, 0) is 11.2 Å². The highest BCUT2D eigenvalue weighted by Gasteiger charge is 2.27. The number of anilines is 3. The minimum absolute atomic E-state index is 0.0470. The topological polar surface area (TPSA) is 143 Å². The molecule has 3 N–H and O–H groups in total. The number of benzene rings is 1. The van der Waals surface area contributed by atoms with Crippen molar-refractivity contribution >= 4 is 52.3 Å². The number of nitrogen functional groups attached to an aromatic ring is 1. The molecule has 0 radical (unpaired) electrons. The van der Waals surface area contributed by atoms with Crippen molar-refractivity contribution in [3.05, 3.63) is 62.4 Å². The van der Waals surface area contributed by atoms with E-state index in [0.717, 1.165) is 6.54 Å². The number of hydrogen-bond acceptors (Lipinski definition) is 9. The molecule has 1 amide bonds. The molecule has 1 fully saturated rings. The van der Waals surface area contributed by atoms with E-state index in [1.165, 1.54) is 6.07 Å². The number of carbonyl (C=O) groups is 1. The number of aromatic nitrogens is 3. The van der Waals surface area contributed by atoms with Crippen LogP contribution < -0.4 is 16.0 Å². The standard InChI is InChI=1S/C23H24Cl2N8O3/c1-31-9-10-32(20(34)13-31)19-12-28-23(30-21(19)16-6-4-14(24)11-17(16)25)27-8-2-3-15-5-7-18(33(35)36)22(26)29-15/h4-7,11-12H,2-3,8-10,13H2,1H3,(H2,26,29)(H,27,28,30). The smallest absolute Gasteiger partial charge is 0.311 e. The van der Waals surface area contributed by atoms with E-state index in [4.69, 9.17) is 28.9 Å².